The van der Waals surface area contributed by atoms with E-state index >= 15 is 8.78 Å². The molecule has 0 aliphatic carbocycles. The summed E-state index contributed by atoms with van der Waals surface area (Å²) in [6, 6.07) is 43.4. The predicted octanol–water partition coefficient (Wildman–Crippen LogP) is 19.9. The Balaban J connectivity index is 0.000000210. The number of nitrogen functional groups attached to an aromatic ring is 1. The van der Waals surface area contributed by atoms with Gasteiger partial charge in [0.15, 0.2) is 9.84 Å². The second-order valence-electron chi connectivity index (χ2n) is 28.2. The van der Waals surface area contributed by atoms with Crippen molar-refractivity contribution in [2.45, 2.75) is 41.2 Å². The molecule has 11 aromatic carbocycles. The van der Waals surface area contributed by atoms with Crippen LogP contribution >= 0.6 is 80.4 Å². The van der Waals surface area contributed by atoms with Gasteiger partial charge in [-0.3, -0.25) is 28.1 Å². The molecule has 719 valence electrons. The third-order valence-corrected chi connectivity index (χ3v) is 25.5. The fraction of sp³-hybridized carbons (Fsp3) is 0.0778. The fourth-order valence-electron chi connectivity index (χ4n) is 13.0. The number of sulfone groups is 1. The quantitative estimate of drug-likeness (QED) is 0.0190. The van der Waals surface area contributed by atoms with Crippen molar-refractivity contribution >= 4 is 157 Å². The Labute approximate surface area is 809 Å². The molecule has 0 spiro atoms. The molecule has 5 aromatic heterocycles. The number of ether oxygens (including phenoxy) is 3. The number of anilines is 1. The van der Waals surface area contributed by atoms with Gasteiger partial charge >= 0.3 is 27.9 Å². The van der Waals surface area contributed by atoms with E-state index < -0.39 is 144 Å². The number of nitrogens with two attached hydrogens (primary N) is 1. The SMILES string of the molecule is COc1cc(-c2ccc(Cl)c(C)c2)c(F)cc1-n1c(=O)ccc2cc(S(=O)(=O)Cc3ccncn3)ccc21.COc1cc(-c2ccc(Cl)c(C)c2)c(F)cc1-n1c(=O)ccc2cc(S(=O)(=O)Oc3c(F)c(F)c(F)c(F)c3F)ccc21.COc1cc(Br)c(F)cc1-n1c(=O)ccc2cc(S(=O)(=O)Oc3c(F)c(F)c(F)c(F)c3F)ccc21.Cc1cc(O[B]O)ccc1Cl.Nc1ccncn1.P.P.P. The maximum Gasteiger partial charge on any atom is 0.569 e. The van der Waals surface area contributed by atoms with Gasteiger partial charge in [-0.05, 0) is 210 Å². The number of benzene rings is 11. The van der Waals surface area contributed by atoms with Crippen molar-refractivity contribution in [1.82, 2.24) is 33.6 Å². The van der Waals surface area contributed by atoms with Crippen LogP contribution in [0.4, 0.5) is 62.9 Å². The van der Waals surface area contributed by atoms with Gasteiger partial charge in [0.25, 0.3) is 16.7 Å². The predicted molar refractivity (Wildman–Crippen MR) is 512 cm³/mol. The van der Waals surface area contributed by atoms with Crippen LogP contribution in [0.15, 0.2) is 253 Å². The number of methoxy groups -OCH3 is 3. The number of aromatic nitrogens is 7. The van der Waals surface area contributed by atoms with E-state index in [1.165, 1.54) is 118 Å². The van der Waals surface area contributed by atoms with E-state index in [0.29, 0.717) is 67.6 Å². The molecule has 0 saturated carbocycles. The summed E-state index contributed by atoms with van der Waals surface area (Å²) >= 11 is 21.0. The first-order valence-corrected chi connectivity index (χ1v) is 44.4. The van der Waals surface area contributed by atoms with E-state index in [1.807, 2.05) is 13.8 Å². The van der Waals surface area contributed by atoms with Gasteiger partial charge < -0.3 is 38.0 Å². The van der Waals surface area contributed by atoms with E-state index in [2.05, 4.69) is 44.2 Å². The van der Waals surface area contributed by atoms with Crippen LogP contribution in [0.5, 0.6) is 34.5 Å². The average molecular weight is 2150 g/mol. The highest BCUT2D eigenvalue weighted by Crippen LogP contribution is 2.41. The first-order chi connectivity index (χ1) is 63.9. The molecule has 5 heterocycles. The number of hydrogen-bond acceptors (Lipinski definition) is 21. The van der Waals surface area contributed by atoms with Crippen LogP contribution in [0, 0.1) is 96.4 Å². The molecule has 16 aromatic rings. The minimum atomic E-state index is -5.16. The Bertz CT molecular complexity index is 7930. The molecule has 0 bridgehead atoms. The molecule has 3 atom stereocenters. The number of fused-ring (bicyclic) bond motifs is 3. The molecule has 0 saturated heterocycles. The van der Waals surface area contributed by atoms with Crippen LogP contribution in [0.25, 0.3) is 72.0 Å². The van der Waals surface area contributed by atoms with Crippen LogP contribution in [0.2, 0.25) is 15.1 Å². The fourth-order valence-corrected chi connectivity index (χ4v) is 16.9. The summed E-state index contributed by atoms with van der Waals surface area (Å²) in [5, 5.41) is 10.6. The Morgan fingerprint density at radius 3 is 1.09 bits per heavy atom. The number of halogens is 17. The zero-order valence-electron chi connectivity index (χ0n) is 71.6. The molecule has 0 aliphatic heterocycles. The average Bonchev–Trinajstić information content (AvgIpc) is 0.757. The summed E-state index contributed by atoms with van der Waals surface area (Å²) in [7, 11) is -9.36. The molecule has 24 nitrogen and oxygen atoms in total. The lowest BCUT2D eigenvalue weighted by molar-refractivity contribution is 0.346. The van der Waals surface area contributed by atoms with Gasteiger partial charge in [-0.2, -0.15) is 64.1 Å². The van der Waals surface area contributed by atoms with Crippen LogP contribution in [0.3, 0.4) is 0 Å². The third kappa shape index (κ3) is 23.9. The van der Waals surface area contributed by atoms with Crippen molar-refractivity contribution in [2.75, 3.05) is 27.1 Å². The minimum Gasteiger partial charge on any atom is -0.537 e. The monoisotopic (exact) mass is 2150 g/mol. The van der Waals surface area contributed by atoms with E-state index in [1.54, 1.807) is 73.8 Å². The van der Waals surface area contributed by atoms with Crippen molar-refractivity contribution < 1.29 is 115 Å². The van der Waals surface area contributed by atoms with Crippen molar-refractivity contribution in [2.24, 2.45) is 0 Å². The van der Waals surface area contributed by atoms with Gasteiger partial charge in [-0.15, -0.1) is 0 Å². The first kappa shape index (κ1) is 109. The van der Waals surface area contributed by atoms with E-state index in [0.717, 1.165) is 80.9 Å². The van der Waals surface area contributed by atoms with Gasteiger partial charge in [0, 0.05) is 91.1 Å². The number of aryl methyl sites for hydroxylation is 3. The maximum atomic E-state index is 15.4. The molecule has 48 heteroatoms. The highest BCUT2D eigenvalue weighted by atomic mass is 79.9. The van der Waals surface area contributed by atoms with Crippen LogP contribution in [-0.4, -0.2) is 92.9 Å². The Morgan fingerprint density at radius 1 is 0.406 bits per heavy atom. The summed E-state index contributed by atoms with van der Waals surface area (Å²) in [4.78, 5) is 52.3. The topological polar surface area (TPSA) is 322 Å². The molecule has 3 N–H and O–H groups in total. The van der Waals surface area contributed by atoms with Crippen molar-refractivity contribution in [3.05, 3.63) is 368 Å². The highest BCUT2D eigenvalue weighted by molar-refractivity contribution is 9.10. The Kier molecular flexibility index (Phi) is 36.2. The molecule has 1 radical (unpaired) electrons. The third-order valence-electron chi connectivity index (χ3n) is 19.6. The lowest BCUT2D eigenvalue weighted by Crippen LogP contribution is -2.19. The molecule has 0 amide bonds. The minimum absolute atomic E-state index is 0. The number of hydrogen-bond donors (Lipinski definition) is 2. The van der Waals surface area contributed by atoms with E-state index in [9.17, 15) is 87.9 Å². The smallest absolute Gasteiger partial charge is 0.537 e. The van der Waals surface area contributed by atoms with Gasteiger partial charge in [0.1, 0.15) is 68.7 Å². The van der Waals surface area contributed by atoms with Gasteiger partial charge in [-0.1, -0.05) is 46.9 Å². The molecular formula is C90H68BBrCl3F13N8O16P3S3. The number of rotatable bonds is 19. The lowest BCUT2D eigenvalue weighted by Gasteiger charge is -2.17. The highest BCUT2D eigenvalue weighted by Gasteiger charge is 2.34. The standard InChI is InChI=1S/C29H16ClF6NO5S.C28H21ClFN3O4S.C22H10BrF6NO5S.C7H7BClO2.C4H5N3.3H3P/c1-13-9-14(3-6-18(13)30)17-11-22(41-2)21(12-19(17)31)37-20-7-5-16(10-15(20)4-8-23(37)38)43(39,40)42-29-27(35)25(33)24(32)26(34)28(29)36;1-17-11-18(3-6-23(17)29)22-13-27(37-2)26(14-24(22)30)33-25-7-5-21(12-19(25)4-8-28(33)34)38(35,36)15-20-9-10-31-16-32-20;1-34-15-7-11(23)12(24)8-14(15)30-13-4-3-10(6-9(13)2-5-16(30)31)36(32,33)35-22-20(28)18(26)17(25)19(27)21(22)29;1-5-4-6(11-8-10)2-3-7(5)9;5-4-1-2-6-3-7-4;;;/h3-12H,1-2H3;3-14,16H,15H2,1-2H3;2-8H,1H3;2-4,10H,1H3;1-3H,(H2,5,6,7);3*1H3. The summed E-state index contributed by atoms with van der Waals surface area (Å²) in [6.07, 6.45) is 5.77. The van der Waals surface area contributed by atoms with Gasteiger partial charge in [-0.25, -0.2) is 67.9 Å². The van der Waals surface area contributed by atoms with Crippen LogP contribution in [-0.2, 0) is 35.8 Å². The van der Waals surface area contributed by atoms with Crippen LogP contribution in [0.1, 0.15) is 22.4 Å². The second-order valence-corrected chi connectivity index (χ2v) is 35.3. The van der Waals surface area contributed by atoms with E-state index in [4.69, 9.17) is 64.4 Å². The number of nitrogens with zero attached hydrogens (tertiary/aromatic N) is 7. The van der Waals surface area contributed by atoms with Crippen molar-refractivity contribution in [3.8, 4) is 73.8 Å². The Hall–Kier alpha value is -12.6. The van der Waals surface area contributed by atoms with Crippen LogP contribution < -0.4 is 49.6 Å². The normalized spacial score (nSPS) is 11.0. The molecule has 138 heavy (non-hydrogen) atoms. The summed E-state index contributed by atoms with van der Waals surface area (Å²) < 4.78 is 291. The number of pyridine rings is 3. The van der Waals surface area contributed by atoms with E-state index in [-0.39, 0.29) is 112 Å². The summed E-state index contributed by atoms with van der Waals surface area (Å²) in [5.41, 5.74) is 8.41. The van der Waals surface area contributed by atoms with Crippen molar-refractivity contribution in [1.29, 1.82) is 0 Å². The largest absolute Gasteiger partial charge is 0.569 e. The molecular weight excluding hydrogens is 2080 g/mol. The zero-order valence-corrected chi connectivity index (χ0v) is 82.2. The molecule has 3 unspecified atom stereocenters. The summed E-state index contributed by atoms with van der Waals surface area (Å²) in [6.45, 7) is 5.44. The lowest BCUT2D eigenvalue weighted by atomic mass is 10.0. The molecule has 0 fully saturated rings. The van der Waals surface area contributed by atoms with Crippen molar-refractivity contribution in [3.63, 3.8) is 0 Å². The summed E-state index contributed by atoms with van der Waals surface area (Å²) in [5.74, 6) is -29.3. The molecule has 16 rings (SSSR count). The maximum absolute atomic E-state index is 15.4. The zero-order chi connectivity index (χ0) is 98.3. The molecule has 0 aliphatic rings. The first-order valence-electron chi connectivity index (χ1n) is 38.0. The van der Waals surface area contributed by atoms with Gasteiger partial charge in [0.2, 0.25) is 69.7 Å². The van der Waals surface area contributed by atoms with Gasteiger partial charge in [0.05, 0.1) is 75.8 Å². The second kappa shape index (κ2) is 45.8. The Morgan fingerprint density at radius 2 is 0.754 bits per heavy atom.